The van der Waals surface area contributed by atoms with Gasteiger partial charge in [-0.2, -0.15) is 4.68 Å². The lowest BCUT2D eigenvalue weighted by Crippen LogP contribution is -2.19. The third-order valence-corrected chi connectivity index (χ3v) is 2.96. The summed E-state index contributed by atoms with van der Waals surface area (Å²) in [5.74, 6) is -0.186. The molecule has 0 saturated carbocycles. The van der Waals surface area contributed by atoms with Crippen molar-refractivity contribution in [3.63, 3.8) is 0 Å². The van der Waals surface area contributed by atoms with Gasteiger partial charge in [-0.3, -0.25) is 4.79 Å². The van der Waals surface area contributed by atoms with Crippen LogP contribution in [0.3, 0.4) is 0 Å². The lowest BCUT2D eigenvalue weighted by Gasteiger charge is -2.09. The molecule has 0 unspecified atom stereocenters. The predicted octanol–water partition coefficient (Wildman–Crippen LogP) is 2.55. The van der Waals surface area contributed by atoms with Crippen LogP contribution in [0.5, 0.6) is 0 Å². The Morgan fingerprint density at radius 2 is 2.19 bits per heavy atom. The summed E-state index contributed by atoms with van der Waals surface area (Å²) >= 11 is 0. The number of hydrogen-bond donors (Lipinski definition) is 1. The Balaban J connectivity index is 2.01. The standard InChI is InChI=1S/C14H16N4O3/c1-10(2)11-4-3-5-12(8-11)15-14(19)9-17-7-6-13(16-17)18(20)21/h3-8,10H,9H2,1-2H3,(H,15,19). The molecule has 1 aromatic heterocycles. The summed E-state index contributed by atoms with van der Waals surface area (Å²) in [6.45, 7) is 4.08. The molecule has 7 nitrogen and oxygen atoms in total. The van der Waals surface area contributed by atoms with E-state index in [2.05, 4.69) is 24.3 Å². The van der Waals surface area contributed by atoms with Gasteiger partial charge >= 0.3 is 5.82 Å². The molecule has 1 heterocycles. The van der Waals surface area contributed by atoms with Crippen molar-refractivity contribution in [2.75, 3.05) is 5.32 Å². The number of amides is 1. The Morgan fingerprint density at radius 3 is 2.81 bits per heavy atom. The molecule has 0 bridgehead atoms. The summed E-state index contributed by atoms with van der Waals surface area (Å²) in [5.41, 5.74) is 1.83. The highest BCUT2D eigenvalue weighted by atomic mass is 16.6. The van der Waals surface area contributed by atoms with Gasteiger partial charge in [-0.25, -0.2) is 0 Å². The fourth-order valence-corrected chi connectivity index (χ4v) is 1.86. The molecule has 0 spiro atoms. The van der Waals surface area contributed by atoms with Gasteiger partial charge < -0.3 is 15.4 Å². The topological polar surface area (TPSA) is 90.1 Å². The van der Waals surface area contributed by atoms with E-state index in [9.17, 15) is 14.9 Å². The van der Waals surface area contributed by atoms with Gasteiger partial charge in [0.1, 0.15) is 6.54 Å². The maximum atomic E-state index is 11.9. The first-order valence-electron chi connectivity index (χ1n) is 6.53. The van der Waals surface area contributed by atoms with Crippen LogP contribution in [0.1, 0.15) is 25.3 Å². The molecule has 0 aliphatic rings. The minimum atomic E-state index is -0.597. The average Bonchev–Trinajstić information content (AvgIpc) is 2.87. The fraction of sp³-hybridized carbons (Fsp3) is 0.286. The number of anilines is 1. The largest absolute Gasteiger partial charge is 0.389 e. The number of nitro groups is 1. The number of nitrogens with one attached hydrogen (secondary N) is 1. The molecule has 0 atom stereocenters. The smallest absolute Gasteiger partial charge is 0.358 e. The first-order valence-corrected chi connectivity index (χ1v) is 6.53. The van der Waals surface area contributed by atoms with Crippen molar-refractivity contribution in [3.8, 4) is 0 Å². The highest BCUT2D eigenvalue weighted by Crippen LogP contribution is 2.18. The van der Waals surface area contributed by atoms with E-state index < -0.39 is 4.92 Å². The van der Waals surface area contributed by atoms with Gasteiger partial charge in [-0.1, -0.05) is 26.0 Å². The summed E-state index contributed by atoms with van der Waals surface area (Å²) in [5, 5.41) is 17.0. The lowest BCUT2D eigenvalue weighted by molar-refractivity contribution is -0.389. The number of hydrogen-bond acceptors (Lipinski definition) is 4. The van der Waals surface area contributed by atoms with Crippen molar-refractivity contribution < 1.29 is 9.72 Å². The Morgan fingerprint density at radius 1 is 1.43 bits per heavy atom. The van der Waals surface area contributed by atoms with Crippen LogP contribution in [0.25, 0.3) is 0 Å². The maximum Gasteiger partial charge on any atom is 0.389 e. The monoisotopic (exact) mass is 288 g/mol. The van der Waals surface area contributed by atoms with Crippen molar-refractivity contribution in [1.82, 2.24) is 9.78 Å². The zero-order valence-electron chi connectivity index (χ0n) is 11.8. The van der Waals surface area contributed by atoms with Crippen LogP contribution >= 0.6 is 0 Å². The second-order valence-corrected chi connectivity index (χ2v) is 4.96. The van der Waals surface area contributed by atoms with Gasteiger partial charge in [0, 0.05) is 5.69 Å². The highest BCUT2D eigenvalue weighted by Gasteiger charge is 2.13. The molecular weight excluding hydrogens is 272 g/mol. The number of benzene rings is 1. The Hall–Kier alpha value is -2.70. The molecule has 1 aromatic carbocycles. The summed E-state index contributed by atoms with van der Waals surface area (Å²) in [7, 11) is 0. The maximum absolute atomic E-state index is 11.9. The van der Waals surface area contributed by atoms with E-state index in [0.717, 1.165) is 5.56 Å². The van der Waals surface area contributed by atoms with Gasteiger partial charge in [0.2, 0.25) is 5.91 Å². The second-order valence-electron chi connectivity index (χ2n) is 4.96. The van der Waals surface area contributed by atoms with E-state index in [1.807, 2.05) is 18.2 Å². The predicted molar refractivity (Wildman–Crippen MR) is 78.0 cm³/mol. The molecular formula is C14H16N4O3. The van der Waals surface area contributed by atoms with Gasteiger partial charge in [0.05, 0.1) is 17.4 Å². The van der Waals surface area contributed by atoms with Crippen molar-refractivity contribution in [2.45, 2.75) is 26.3 Å². The first-order chi connectivity index (χ1) is 9.95. The van der Waals surface area contributed by atoms with Crippen LogP contribution in [0, 0.1) is 10.1 Å². The number of nitrogens with zero attached hydrogens (tertiary/aromatic N) is 3. The van der Waals surface area contributed by atoms with Crippen LogP contribution in [-0.2, 0) is 11.3 Å². The molecule has 0 saturated heterocycles. The molecule has 2 rings (SSSR count). The normalized spacial score (nSPS) is 10.6. The molecule has 0 fully saturated rings. The molecule has 0 aliphatic carbocycles. The third kappa shape index (κ3) is 3.88. The van der Waals surface area contributed by atoms with Crippen molar-refractivity contribution in [3.05, 3.63) is 52.2 Å². The van der Waals surface area contributed by atoms with Gasteiger partial charge in [0.15, 0.2) is 0 Å². The molecule has 110 valence electrons. The van der Waals surface area contributed by atoms with Crippen LogP contribution < -0.4 is 5.32 Å². The SMILES string of the molecule is CC(C)c1cccc(NC(=O)Cn2ccc([N+](=O)[O-])n2)c1. The van der Waals surface area contributed by atoms with E-state index in [1.54, 1.807) is 6.07 Å². The quantitative estimate of drug-likeness (QED) is 0.676. The molecule has 0 radical (unpaired) electrons. The number of carbonyl (C=O) groups excluding carboxylic acids is 1. The summed E-state index contributed by atoms with van der Waals surface area (Å²) < 4.78 is 1.24. The average molecular weight is 288 g/mol. The number of carbonyl (C=O) groups is 1. The van der Waals surface area contributed by atoms with Crippen LogP contribution in [0.4, 0.5) is 11.5 Å². The van der Waals surface area contributed by atoms with E-state index in [4.69, 9.17) is 0 Å². The zero-order valence-corrected chi connectivity index (χ0v) is 11.8. The van der Waals surface area contributed by atoms with Gasteiger partial charge in [0.25, 0.3) is 0 Å². The van der Waals surface area contributed by atoms with Gasteiger partial charge in [-0.15, -0.1) is 0 Å². The van der Waals surface area contributed by atoms with Crippen molar-refractivity contribution in [1.29, 1.82) is 0 Å². The highest BCUT2D eigenvalue weighted by molar-refractivity contribution is 5.90. The summed E-state index contributed by atoms with van der Waals surface area (Å²) in [6, 6.07) is 8.84. The van der Waals surface area contributed by atoms with Crippen molar-refractivity contribution >= 4 is 17.4 Å². The minimum absolute atomic E-state index is 0.0697. The van der Waals surface area contributed by atoms with E-state index in [-0.39, 0.29) is 18.3 Å². The Kier molecular flexibility index (Phi) is 4.32. The van der Waals surface area contributed by atoms with E-state index in [0.29, 0.717) is 11.6 Å². The fourth-order valence-electron chi connectivity index (χ4n) is 1.86. The second kappa shape index (κ2) is 6.17. The van der Waals surface area contributed by atoms with Crippen LogP contribution in [-0.4, -0.2) is 20.6 Å². The molecule has 0 aliphatic heterocycles. The number of aromatic nitrogens is 2. The molecule has 7 heteroatoms. The van der Waals surface area contributed by atoms with Crippen LogP contribution in [0.2, 0.25) is 0 Å². The molecule has 2 aromatic rings. The third-order valence-electron chi connectivity index (χ3n) is 2.96. The first kappa shape index (κ1) is 14.7. The molecule has 1 amide bonds. The van der Waals surface area contributed by atoms with E-state index >= 15 is 0 Å². The van der Waals surface area contributed by atoms with Crippen LogP contribution in [0.15, 0.2) is 36.5 Å². The van der Waals surface area contributed by atoms with Crippen molar-refractivity contribution in [2.24, 2.45) is 0 Å². The van der Waals surface area contributed by atoms with Gasteiger partial charge in [-0.05, 0) is 28.5 Å². The zero-order chi connectivity index (χ0) is 15.4. The Labute approximate surface area is 121 Å². The Bertz CT molecular complexity index is 664. The summed E-state index contributed by atoms with van der Waals surface area (Å²) in [4.78, 5) is 21.8. The summed E-state index contributed by atoms with van der Waals surface area (Å²) in [6.07, 6.45) is 1.41. The molecule has 1 N–H and O–H groups in total. The lowest BCUT2D eigenvalue weighted by atomic mass is 10.0. The van der Waals surface area contributed by atoms with E-state index in [1.165, 1.54) is 16.9 Å². The minimum Gasteiger partial charge on any atom is -0.358 e. The number of rotatable bonds is 5. The molecule has 21 heavy (non-hydrogen) atoms.